The van der Waals surface area contributed by atoms with E-state index in [9.17, 15) is 8.78 Å². The maximum Gasteiger partial charge on any atom is 0.163 e. The predicted octanol–water partition coefficient (Wildman–Crippen LogP) is 3.82. The molecule has 0 aliphatic rings. The summed E-state index contributed by atoms with van der Waals surface area (Å²) in [5.41, 5.74) is 1.09. The zero-order valence-electron chi connectivity index (χ0n) is 11.5. The van der Waals surface area contributed by atoms with Crippen molar-refractivity contribution in [2.45, 2.75) is 6.04 Å². The van der Waals surface area contributed by atoms with Crippen LogP contribution in [0.5, 0.6) is 0 Å². The van der Waals surface area contributed by atoms with Crippen molar-refractivity contribution >= 4 is 10.8 Å². The first-order valence-corrected chi connectivity index (χ1v) is 6.66. The van der Waals surface area contributed by atoms with Gasteiger partial charge in [-0.25, -0.2) is 8.78 Å². The number of benzene rings is 2. The molecular weight excluding hydrogens is 270 g/mol. The van der Waals surface area contributed by atoms with E-state index in [0.717, 1.165) is 22.4 Å². The lowest BCUT2D eigenvalue weighted by Gasteiger charge is -2.19. The quantitative estimate of drug-likeness (QED) is 0.791. The number of aromatic nitrogens is 1. The Morgan fingerprint density at radius 3 is 2.57 bits per heavy atom. The van der Waals surface area contributed by atoms with E-state index in [-0.39, 0.29) is 5.56 Å². The van der Waals surface area contributed by atoms with Gasteiger partial charge >= 0.3 is 0 Å². The molecule has 3 aromatic rings. The second kappa shape index (κ2) is 5.58. The highest BCUT2D eigenvalue weighted by Gasteiger charge is 2.20. The number of fused-ring (bicyclic) bond motifs is 1. The molecule has 1 N–H and O–H groups in total. The minimum absolute atomic E-state index is 0.274. The smallest absolute Gasteiger partial charge is 0.163 e. The summed E-state index contributed by atoms with van der Waals surface area (Å²) in [7, 11) is 1.72. The van der Waals surface area contributed by atoms with Gasteiger partial charge in [-0.15, -0.1) is 0 Å². The van der Waals surface area contributed by atoms with Crippen molar-refractivity contribution in [3.8, 4) is 0 Å². The fourth-order valence-corrected chi connectivity index (χ4v) is 2.59. The van der Waals surface area contributed by atoms with E-state index in [1.54, 1.807) is 25.5 Å². The molecule has 1 unspecified atom stereocenters. The summed E-state index contributed by atoms with van der Waals surface area (Å²) in [5.74, 6) is -1.68. The van der Waals surface area contributed by atoms with Gasteiger partial charge in [-0.3, -0.25) is 4.98 Å². The van der Waals surface area contributed by atoms with Crippen molar-refractivity contribution in [1.82, 2.24) is 10.3 Å². The lowest BCUT2D eigenvalue weighted by atomic mass is 9.95. The number of hydrogen-bond donors (Lipinski definition) is 1. The summed E-state index contributed by atoms with van der Waals surface area (Å²) >= 11 is 0. The molecule has 2 aromatic carbocycles. The molecule has 4 heteroatoms. The average Bonchev–Trinajstić information content (AvgIpc) is 2.52. The van der Waals surface area contributed by atoms with Gasteiger partial charge in [-0.2, -0.15) is 0 Å². The number of rotatable bonds is 3. The van der Waals surface area contributed by atoms with Crippen LogP contribution in [0, 0.1) is 11.6 Å². The predicted molar refractivity (Wildman–Crippen MR) is 79.0 cm³/mol. The standard InChI is InChI=1S/C17H14F2N2/c1-20-17(13-7-4-8-15(18)16(13)19)14-10-21-9-11-5-2-3-6-12(11)14/h2-10,17,20H,1H3. The highest BCUT2D eigenvalue weighted by atomic mass is 19.2. The zero-order chi connectivity index (χ0) is 14.8. The van der Waals surface area contributed by atoms with Crippen molar-refractivity contribution in [2.24, 2.45) is 0 Å². The van der Waals surface area contributed by atoms with Crippen LogP contribution in [0.25, 0.3) is 10.8 Å². The largest absolute Gasteiger partial charge is 0.309 e. The topological polar surface area (TPSA) is 24.9 Å². The molecule has 0 bridgehead atoms. The minimum Gasteiger partial charge on any atom is -0.309 e. The fraction of sp³-hybridized carbons (Fsp3) is 0.118. The fourth-order valence-electron chi connectivity index (χ4n) is 2.59. The Hall–Kier alpha value is -2.33. The van der Waals surface area contributed by atoms with Crippen LogP contribution in [-0.2, 0) is 0 Å². The van der Waals surface area contributed by atoms with E-state index in [2.05, 4.69) is 10.3 Å². The van der Waals surface area contributed by atoms with E-state index in [4.69, 9.17) is 0 Å². The first kappa shape index (κ1) is 13.6. The van der Waals surface area contributed by atoms with Gasteiger partial charge in [0.25, 0.3) is 0 Å². The van der Waals surface area contributed by atoms with Crippen LogP contribution in [0.4, 0.5) is 8.78 Å². The summed E-state index contributed by atoms with van der Waals surface area (Å²) in [6.07, 6.45) is 3.45. The van der Waals surface area contributed by atoms with E-state index in [1.807, 2.05) is 24.3 Å². The van der Waals surface area contributed by atoms with Gasteiger partial charge in [-0.1, -0.05) is 36.4 Å². The lowest BCUT2D eigenvalue weighted by molar-refractivity contribution is 0.487. The van der Waals surface area contributed by atoms with Crippen molar-refractivity contribution in [3.05, 3.63) is 77.6 Å². The number of halogens is 2. The Kier molecular flexibility index (Phi) is 3.62. The SMILES string of the molecule is CNC(c1cccc(F)c1F)c1cncc2ccccc12. The highest BCUT2D eigenvalue weighted by molar-refractivity contribution is 5.85. The second-order valence-electron chi connectivity index (χ2n) is 4.81. The van der Waals surface area contributed by atoms with Crippen molar-refractivity contribution in [3.63, 3.8) is 0 Å². The van der Waals surface area contributed by atoms with Crippen LogP contribution in [0.3, 0.4) is 0 Å². The van der Waals surface area contributed by atoms with Crippen LogP contribution < -0.4 is 5.32 Å². The molecule has 21 heavy (non-hydrogen) atoms. The molecule has 106 valence electrons. The Bertz CT molecular complexity index is 781. The van der Waals surface area contributed by atoms with Crippen molar-refractivity contribution < 1.29 is 8.78 Å². The molecule has 0 fully saturated rings. The molecule has 1 atom stereocenters. The minimum atomic E-state index is -0.846. The Balaban J connectivity index is 2.21. The van der Waals surface area contributed by atoms with Crippen LogP contribution >= 0.6 is 0 Å². The van der Waals surface area contributed by atoms with E-state index in [0.29, 0.717) is 0 Å². The lowest BCUT2D eigenvalue weighted by Crippen LogP contribution is -2.20. The van der Waals surface area contributed by atoms with E-state index < -0.39 is 17.7 Å². The normalized spacial score (nSPS) is 12.5. The zero-order valence-corrected chi connectivity index (χ0v) is 11.5. The van der Waals surface area contributed by atoms with Gasteiger partial charge < -0.3 is 5.32 Å². The maximum absolute atomic E-state index is 14.1. The average molecular weight is 284 g/mol. The Morgan fingerprint density at radius 1 is 0.952 bits per heavy atom. The van der Waals surface area contributed by atoms with Gasteiger partial charge in [0.2, 0.25) is 0 Å². The van der Waals surface area contributed by atoms with Gasteiger partial charge in [0, 0.05) is 23.3 Å². The summed E-state index contributed by atoms with van der Waals surface area (Å²) in [5, 5.41) is 4.98. The van der Waals surface area contributed by atoms with Crippen molar-refractivity contribution in [2.75, 3.05) is 7.05 Å². The van der Waals surface area contributed by atoms with Gasteiger partial charge in [-0.05, 0) is 24.1 Å². The molecule has 0 aliphatic carbocycles. The summed E-state index contributed by atoms with van der Waals surface area (Å²) in [6.45, 7) is 0. The molecule has 0 spiro atoms. The molecule has 0 saturated heterocycles. The van der Waals surface area contributed by atoms with E-state index >= 15 is 0 Å². The van der Waals surface area contributed by atoms with Gasteiger partial charge in [0.15, 0.2) is 11.6 Å². The molecule has 0 radical (unpaired) electrons. The molecule has 2 nitrogen and oxygen atoms in total. The first-order valence-electron chi connectivity index (χ1n) is 6.66. The van der Waals surface area contributed by atoms with Crippen LogP contribution in [-0.4, -0.2) is 12.0 Å². The maximum atomic E-state index is 14.1. The summed E-state index contributed by atoms with van der Waals surface area (Å²) in [4.78, 5) is 4.20. The third kappa shape index (κ3) is 2.38. The Labute approximate surface area is 121 Å². The van der Waals surface area contributed by atoms with Crippen LogP contribution in [0.15, 0.2) is 54.9 Å². The number of pyridine rings is 1. The summed E-state index contributed by atoms with van der Waals surface area (Å²) < 4.78 is 27.6. The third-order valence-electron chi connectivity index (χ3n) is 3.59. The summed E-state index contributed by atoms with van der Waals surface area (Å²) in [6, 6.07) is 11.5. The molecular formula is C17H14F2N2. The van der Waals surface area contributed by atoms with Gasteiger partial charge in [0.05, 0.1) is 6.04 Å². The number of nitrogens with zero attached hydrogens (tertiary/aromatic N) is 1. The molecule has 0 amide bonds. The third-order valence-corrected chi connectivity index (χ3v) is 3.59. The number of hydrogen-bond acceptors (Lipinski definition) is 2. The highest BCUT2D eigenvalue weighted by Crippen LogP contribution is 2.29. The van der Waals surface area contributed by atoms with Crippen molar-refractivity contribution in [1.29, 1.82) is 0 Å². The molecule has 1 heterocycles. The first-order chi connectivity index (χ1) is 10.2. The monoisotopic (exact) mass is 284 g/mol. The van der Waals surface area contributed by atoms with E-state index in [1.165, 1.54) is 6.07 Å². The number of nitrogens with one attached hydrogen (secondary N) is 1. The van der Waals surface area contributed by atoms with Crippen LogP contribution in [0.2, 0.25) is 0 Å². The molecule has 0 aliphatic heterocycles. The second-order valence-corrected chi connectivity index (χ2v) is 4.81. The molecule has 1 aromatic heterocycles. The Morgan fingerprint density at radius 2 is 1.76 bits per heavy atom. The van der Waals surface area contributed by atoms with Crippen LogP contribution in [0.1, 0.15) is 17.2 Å². The molecule has 3 rings (SSSR count). The van der Waals surface area contributed by atoms with Gasteiger partial charge in [0.1, 0.15) is 0 Å². The molecule has 0 saturated carbocycles.